The van der Waals surface area contributed by atoms with E-state index in [1.165, 1.54) is 12.2 Å². The molecule has 0 saturated heterocycles. The van der Waals surface area contributed by atoms with E-state index in [4.69, 9.17) is 5.11 Å². The fraction of sp³-hybridized carbons (Fsp3) is 0.900. The number of aliphatic carboxylic acids is 1. The largest absolute Gasteiger partial charge is 0.481 e. The zero-order chi connectivity index (χ0) is 9.68. The molecule has 0 aromatic rings. The molecule has 2 nitrogen and oxygen atoms in total. The van der Waals surface area contributed by atoms with E-state index in [1.54, 1.807) is 0 Å². The number of carbonyl (C=O) groups is 1. The van der Waals surface area contributed by atoms with Gasteiger partial charge in [0.1, 0.15) is 0 Å². The first-order valence-corrected chi connectivity index (χ1v) is 6.37. The van der Waals surface area contributed by atoms with Gasteiger partial charge in [-0.05, 0) is 43.6 Å². The second-order valence-corrected chi connectivity index (χ2v) is 4.76. The molecule has 1 aliphatic rings. The lowest BCUT2D eigenvalue weighted by atomic mass is 9.92. The Balaban J connectivity index is 2.27. The highest BCUT2D eigenvalue weighted by Gasteiger charge is 2.31. The molecule has 13 heavy (non-hydrogen) atoms. The molecule has 0 amide bonds. The SMILES string of the molecule is CSCCCC1CCCC1C(=O)O. The van der Waals surface area contributed by atoms with Crippen molar-refractivity contribution in [3.05, 3.63) is 0 Å². The molecule has 1 rings (SSSR count). The monoisotopic (exact) mass is 202 g/mol. The third-order valence-corrected chi connectivity index (χ3v) is 3.60. The quantitative estimate of drug-likeness (QED) is 0.696. The lowest BCUT2D eigenvalue weighted by Crippen LogP contribution is -2.18. The summed E-state index contributed by atoms with van der Waals surface area (Å²) in [5, 5.41) is 8.93. The van der Waals surface area contributed by atoms with Crippen LogP contribution >= 0.6 is 11.8 Å². The van der Waals surface area contributed by atoms with E-state index in [9.17, 15) is 4.79 Å². The first-order chi connectivity index (χ1) is 6.25. The van der Waals surface area contributed by atoms with Crippen LogP contribution in [-0.4, -0.2) is 23.1 Å². The first-order valence-electron chi connectivity index (χ1n) is 4.97. The number of rotatable bonds is 5. The minimum absolute atomic E-state index is 0.0399. The van der Waals surface area contributed by atoms with Gasteiger partial charge in [-0.25, -0.2) is 0 Å². The van der Waals surface area contributed by atoms with E-state index >= 15 is 0 Å². The molecule has 0 aromatic heterocycles. The molecule has 0 aliphatic heterocycles. The van der Waals surface area contributed by atoms with Crippen molar-refractivity contribution >= 4 is 17.7 Å². The first kappa shape index (κ1) is 10.9. The topological polar surface area (TPSA) is 37.3 Å². The summed E-state index contributed by atoms with van der Waals surface area (Å²) in [7, 11) is 0. The van der Waals surface area contributed by atoms with Crippen molar-refractivity contribution in [2.45, 2.75) is 32.1 Å². The Hall–Kier alpha value is -0.180. The maximum absolute atomic E-state index is 10.8. The molecule has 0 spiro atoms. The predicted molar refractivity (Wildman–Crippen MR) is 56.1 cm³/mol. The van der Waals surface area contributed by atoms with E-state index in [2.05, 4.69) is 6.26 Å². The Morgan fingerprint density at radius 2 is 2.31 bits per heavy atom. The summed E-state index contributed by atoms with van der Waals surface area (Å²) in [5.41, 5.74) is 0. The second-order valence-electron chi connectivity index (χ2n) is 3.77. The molecule has 1 fully saturated rings. The fourth-order valence-electron chi connectivity index (χ4n) is 2.20. The average molecular weight is 202 g/mol. The summed E-state index contributed by atoms with van der Waals surface area (Å²) in [5.74, 6) is 1.01. The van der Waals surface area contributed by atoms with E-state index < -0.39 is 5.97 Å². The van der Waals surface area contributed by atoms with Crippen molar-refractivity contribution < 1.29 is 9.90 Å². The molecular weight excluding hydrogens is 184 g/mol. The third kappa shape index (κ3) is 3.22. The Morgan fingerprint density at radius 1 is 1.54 bits per heavy atom. The number of carboxylic acids is 1. The summed E-state index contributed by atoms with van der Waals surface area (Å²) in [6, 6.07) is 0. The summed E-state index contributed by atoms with van der Waals surface area (Å²) in [4.78, 5) is 10.8. The Bertz CT molecular complexity index is 170. The van der Waals surface area contributed by atoms with Crippen LogP contribution in [0.4, 0.5) is 0 Å². The highest BCUT2D eigenvalue weighted by atomic mass is 32.2. The van der Waals surface area contributed by atoms with Gasteiger partial charge in [-0.2, -0.15) is 11.8 Å². The zero-order valence-electron chi connectivity index (χ0n) is 8.16. The van der Waals surface area contributed by atoms with Gasteiger partial charge < -0.3 is 5.11 Å². The Morgan fingerprint density at radius 3 is 2.92 bits per heavy atom. The van der Waals surface area contributed by atoms with E-state index in [0.29, 0.717) is 5.92 Å². The molecule has 0 aromatic carbocycles. The van der Waals surface area contributed by atoms with Gasteiger partial charge in [0.15, 0.2) is 0 Å². The molecule has 0 radical (unpaired) electrons. The van der Waals surface area contributed by atoms with Gasteiger partial charge in [-0.3, -0.25) is 4.79 Å². The molecular formula is C10H18O2S. The molecule has 1 aliphatic carbocycles. The smallest absolute Gasteiger partial charge is 0.306 e. The molecule has 0 bridgehead atoms. The van der Waals surface area contributed by atoms with Crippen molar-refractivity contribution in [3.8, 4) is 0 Å². The maximum Gasteiger partial charge on any atom is 0.306 e. The number of hydrogen-bond acceptors (Lipinski definition) is 2. The summed E-state index contributed by atoms with van der Waals surface area (Å²) in [6.45, 7) is 0. The van der Waals surface area contributed by atoms with Gasteiger partial charge in [0, 0.05) is 0 Å². The number of thioether (sulfide) groups is 1. The van der Waals surface area contributed by atoms with Gasteiger partial charge in [0.05, 0.1) is 5.92 Å². The van der Waals surface area contributed by atoms with E-state index in [-0.39, 0.29) is 5.92 Å². The van der Waals surface area contributed by atoms with Crippen LogP contribution in [0.3, 0.4) is 0 Å². The molecule has 1 N–H and O–H groups in total. The van der Waals surface area contributed by atoms with Crippen molar-refractivity contribution in [1.82, 2.24) is 0 Å². The second kappa shape index (κ2) is 5.53. The lowest BCUT2D eigenvalue weighted by Gasteiger charge is -2.14. The standard InChI is InChI=1S/C10H18O2S/c1-13-7-3-5-8-4-2-6-9(8)10(11)12/h8-9H,2-7H2,1H3,(H,11,12). The number of hydrogen-bond donors (Lipinski definition) is 1. The number of carboxylic acid groups (broad SMARTS) is 1. The van der Waals surface area contributed by atoms with E-state index in [0.717, 1.165) is 25.7 Å². The van der Waals surface area contributed by atoms with Crippen molar-refractivity contribution in [2.75, 3.05) is 12.0 Å². The normalized spacial score (nSPS) is 27.8. The van der Waals surface area contributed by atoms with Crippen molar-refractivity contribution in [2.24, 2.45) is 11.8 Å². The van der Waals surface area contributed by atoms with Gasteiger partial charge in [0.25, 0.3) is 0 Å². The van der Waals surface area contributed by atoms with Crippen molar-refractivity contribution in [3.63, 3.8) is 0 Å². The molecule has 3 heteroatoms. The summed E-state index contributed by atoms with van der Waals surface area (Å²) in [6.07, 6.45) is 7.53. The Labute approximate surface area is 84.1 Å². The summed E-state index contributed by atoms with van der Waals surface area (Å²) >= 11 is 1.85. The lowest BCUT2D eigenvalue weighted by molar-refractivity contribution is -0.143. The van der Waals surface area contributed by atoms with Crippen LogP contribution < -0.4 is 0 Å². The van der Waals surface area contributed by atoms with Gasteiger partial charge in [0.2, 0.25) is 0 Å². The van der Waals surface area contributed by atoms with Gasteiger partial charge in [-0.1, -0.05) is 6.42 Å². The molecule has 2 unspecified atom stereocenters. The van der Waals surface area contributed by atoms with Crippen LogP contribution in [0.15, 0.2) is 0 Å². The average Bonchev–Trinajstić information content (AvgIpc) is 2.53. The van der Waals surface area contributed by atoms with Crippen LogP contribution in [0.1, 0.15) is 32.1 Å². The molecule has 1 saturated carbocycles. The van der Waals surface area contributed by atoms with E-state index in [1.807, 2.05) is 11.8 Å². The van der Waals surface area contributed by atoms with Crippen LogP contribution in [0, 0.1) is 11.8 Å². The van der Waals surface area contributed by atoms with Gasteiger partial charge >= 0.3 is 5.97 Å². The zero-order valence-corrected chi connectivity index (χ0v) is 8.98. The highest BCUT2D eigenvalue weighted by molar-refractivity contribution is 7.98. The molecule has 76 valence electrons. The highest BCUT2D eigenvalue weighted by Crippen LogP contribution is 2.35. The third-order valence-electron chi connectivity index (χ3n) is 2.90. The van der Waals surface area contributed by atoms with Crippen LogP contribution in [0.25, 0.3) is 0 Å². The summed E-state index contributed by atoms with van der Waals surface area (Å²) < 4.78 is 0. The fourth-order valence-corrected chi connectivity index (χ4v) is 2.65. The van der Waals surface area contributed by atoms with Crippen LogP contribution in [-0.2, 0) is 4.79 Å². The maximum atomic E-state index is 10.8. The Kier molecular flexibility index (Phi) is 4.64. The minimum Gasteiger partial charge on any atom is -0.481 e. The molecule has 2 atom stereocenters. The predicted octanol–water partition coefficient (Wildman–Crippen LogP) is 2.63. The molecule has 0 heterocycles. The van der Waals surface area contributed by atoms with Crippen LogP contribution in [0.5, 0.6) is 0 Å². The van der Waals surface area contributed by atoms with Crippen LogP contribution in [0.2, 0.25) is 0 Å². The minimum atomic E-state index is -0.577. The van der Waals surface area contributed by atoms with Crippen molar-refractivity contribution in [1.29, 1.82) is 0 Å². The van der Waals surface area contributed by atoms with Gasteiger partial charge in [-0.15, -0.1) is 0 Å².